The summed E-state index contributed by atoms with van der Waals surface area (Å²) in [6, 6.07) is 10.1. The second kappa shape index (κ2) is 9.71. The lowest BCUT2D eigenvalue weighted by Crippen LogP contribution is -2.44. The van der Waals surface area contributed by atoms with Gasteiger partial charge in [0.2, 0.25) is 15.9 Å². The van der Waals surface area contributed by atoms with E-state index in [-0.39, 0.29) is 22.8 Å². The zero-order chi connectivity index (χ0) is 21.7. The summed E-state index contributed by atoms with van der Waals surface area (Å²) in [6.07, 6.45) is 0.985. The van der Waals surface area contributed by atoms with Gasteiger partial charge in [-0.2, -0.15) is 20.9 Å². The normalized spacial score (nSPS) is 16.9. The molecule has 160 valence electrons. The van der Waals surface area contributed by atoms with Crippen LogP contribution in [0.25, 0.3) is 0 Å². The van der Waals surface area contributed by atoms with Gasteiger partial charge in [0, 0.05) is 25.6 Å². The molecule has 1 fully saturated rings. The molecule has 0 saturated carbocycles. The number of piperidine rings is 1. The first-order valence-corrected chi connectivity index (χ1v) is 12.2. The number of rotatable bonds is 7. The highest BCUT2D eigenvalue weighted by Gasteiger charge is 2.32. The van der Waals surface area contributed by atoms with E-state index in [9.17, 15) is 13.2 Å². The number of hydrogen-bond acceptors (Lipinski definition) is 6. The Morgan fingerprint density at radius 1 is 1.27 bits per heavy atom. The molecule has 1 aliphatic heterocycles. The summed E-state index contributed by atoms with van der Waals surface area (Å²) in [5.41, 5.74) is 1.59. The maximum Gasteiger partial charge on any atom is 0.243 e. The lowest BCUT2D eigenvalue weighted by Gasteiger charge is -2.31. The Morgan fingerprint density at radius 2 is 1.93 bits per heavy atom. The van der Waals surface area contributed by atoms with Crippen LogP contribution in [0, 0.1) is 17.2 Å². The number of carbonyl (C=O) groups excluding carboxylic acids is 1. The average Bonchev–Trinajstić information content (AvgIpc) is 3.28. The molecule has 1 unspecified atom stereocenters. The molecule has 2 aromatic rings. The van der Waals surface area contributed by atoms with Gasteiger partial charge in [-0.25, -0.2) is 8.42 Å². The molecule has 2 heterocycles. The number of amides is 1. The van der Waals surface area contributed by atoms with Crippen LogP contribution in [0.5, 0.6) is 0 Å². The summed E-state index contributed by atoms with van der Waals surface area (Å²) in [6.45, 7) is 1.14. The second-order valence-corrected chi connectivity index (χ2v) is 10.3. The quantitative estimate of drug-likeness (QED) is 0.705. The molecule has 1 aliphatic rings. The van der Waals surface area contributed by atoms with Crippen molar-refractivity contribution < 1.29 is 13.2 Å². The van der Waals surface area contributed by atoms with Crippen molar-refractivity contribution in [2.24, 2.45) is 5.92 Å². The van der Waals surface area contributed by atoms with Gasteiger partial charge in [0.25, 0.3) is 0 Å². The predicted molar refractivity (Wildman–Crippen MR) is 116 cm³/mol. The number of thiophene rings is 1. The van der Waals surface area contributed by atoms with Crippen LogP contribution in [0.15, 0.2) is 46.0 Å². The van der Waals surface area contributed by atoms with Gasteiger partial charge in [0.05, 0.1) is 22.6 Å². The van der Waals surface area contributed by atoms with E-state index in [1.165, 1.54) is 34.1 Å². The van der Waals surface area contributed by atoms with E-state index >= 15 is 0 Å². The molecule has 0 spiro atoms. The first kappa shape index (κ1) is 22.4. The molecule has 0 aliphatic carbocycles. The molecule has 7 nitrogen and oxygen atoms in total. The maximum absolute atomic E-state index is 12.8. The smallest absolute Gasteiger partial charge is 0.243 e. The minimum Gasteiger partial charge on any atom is -0.354 e. The van der Waals surface area contributed by atoms with Crippen LogP contribution in [-0.2, 0) is 14.8 Å². The fourth-order valence-corrected chi connectivity index (χ4v) is 5.79. The average molecular weight is 447 g/mol. The van der Waals surface area contributed by atoms with Crippen molar-refractivity contribution >= 4 is 27.3 Å². The van der Waals surface area contributed by atoms with Crippen LogP contribution < -0.4 is 5.32 Å². The first-order valence-electron chi connectivity index (χ1n) is 9.79. The second-order valence-electron chi connectivity index (χ2n) is 7.60. The Morgan fingerprint density at radius 3 is 2.47 bits per heavy atom. The minimum atomic E-state index is -3.62. The monoisotopic (exact) mass is 446 g/mol. The van der Waals surface area contributed by atoms with Crippen molar-refractivity contribution in [3.8, 4) is 6.07 Å². The Labute approximate surface area is 182 Å². The number of sulfonamides is 1. The molecule has 1 N–H and O–H groups in total. The summed E-state index contributed by atoms with van der Waals surface area (Å²) >= 11 is 1.63. The van der Waals surface area contributed by atoms with Gasteiger partial charge in [-0.05, 0) is 73.6 Å². The highest BCUT2D eigenvalue weighted by Crippen LogP contribution is 2.25. The molecular weight excluding hydrogens is 420 g/mol. The molecule has 9 heteroatoms. The molecule has 1 aromatic heterocycles. The van der Waals surface area contributed by atoms with Crippen molar-refractivity contribution in [2.45, 2.75) is 23.8 Å². The number of hydrogen-bond donors (Lipinski definition) is 1. The Hall–Kier alpha value is -2.25. The highest BCUT2D eigenvalue weighted by molar-refractivity contribution is 7.89. The van der Waals surface area contributed by atoms with Gasteiger partial charge < -0.3 is 10.2 Å². The van der Waals surface area contributed by atoms with E-state index in [0.29, 0.717) is 38.0 Å². The standard InChI is InChI=1S/C21H26N4O3S2/c1-24(2)20(18-9-12-29-15-18)14-23-21(26)17-7-10-25(11-8-17)30(27,28)19-5-3-16(13-22)4-6-19/h3-6,9,12,15,17,20H,7-8,10-11,14H2,1-2H3,(H,23,26). The Balaban J connectivity index is 1.55. The van der Waals surface area contributed by atoms with Gasteiger partial charge >= 0.3 is 0 Å². The number of benzene rings is 1. The number of nitriles is 1. The molecule has 1 aromatic carbocycles. The number of likely N-dealkylation sites (N-methyl/N-ethyl adjacent to an activating group) is 1. The summed E-state index contributed by atoms with van der Waals surface area (Å²) in [5, 5.41) is 16.0. The predicted octanol–water partition coefficient (Wildman–Crippen LogP) is 2.44. The molecule has 3 rings (SSSR count). The van der Waals surface area contributed by atoms with Crippen LogP contribution in [0.4, 0.5) is 0 Å². The fourth-order valence-electron chi connectivity index (χ4n) is 3.61. The van der Waals surface area contributed by atoms with Gasteiger partial charge in [-0.3, -0.25) is 4.79 Å². The lowest BCUT2D eigenvalue weighted by molar-refractivity contribution is -0.126. The largest absolute Gasteiger partial charge is 0.354 e. The lowest BCUT2D eigenvalue weighted by atomic mass is 9.97. The van der Waals surface area contributed by atoms with E-state index in [0.717, 1.165) is 0 Å². The maximum atomic E-state index is 12.8. The van der Waals surface area contributed by atoms with Crippen LogP contribution in [0.1, 0.15) is 30.0 Å². The zero-order valence-corrected chi connectivity index (χ0v) is 18.7. The Bertz CT molecular complexity index is 988. The van der Waals surface area contributed by atoms with E-state index in [1.807, 2.05) is 25.5 Å². The van der Waals surface area contributed by atoms with Crippen LogP contribution in [0.2, 0.25) is 0 Å². The van der Waals surface area contributed by atoms with Crippen LogP contribution in [0.3, 0.4) is 0 Å². The molecule has 1 saturated heterocycles. The molecule has 1 amide bonds. The molecule has 0 radical (unpaired) electrons. The van der Waals surface area contributed by atoms with E-state index in [4.69, 9.17) is 5.26 Å². The zero-order valence-electron chi connectivity index (χ0n) is 17.1. The summed E-state index contributed by atoms with van der Waals surface area (Å²) < 4.78 is 27.1. The van der Waals surface area contributed by atoms with Gasteiger partial charge in [-0.15, -0.1) is 0 Å². The summed E-state index contributed by atoms with van der Waals surface area (Å²) in [5.74, 6) is -0.213. The number of carbonyl (C=O) groups is 1. The van der Waals surface area contributed by atoms with Gasteiger partial charge in [0.15, 0.2) is 0 Å². The van der Waals surface area contributed by atoms with Crippen LogP contribution >= 0.6 is 11.3 Å². The minimum absolute atomic E-state index is 0.0208. The molecule has 0 bridgehead atoms. The van der Waals surface area contributed by atoms with Crippen LogP contribution in [-0.4, -0.2) is 57.3 Å². The Kier molecular flexibility index (Phi) is 7.26. The van der Waals surface area contributed by atoms with Crippen molar-refractivity contribution in [3.63, 3.8) is 0 Å². The van der Waals surface area contributed by atoms with E-state index in [2.05, 4.69) is 21.7 Å². The topological polar surface area (TPSA) is 93.5 Å². The molecule has 30 heavy (non-hydrogen) atoms. The van der Waals surface area contributed by atoms with Gasteiger partial charge in [-0.1, -0.05) is 0 Å². The van der Waals surface area contributed by atoms with E-state index in [1.54, 1.807) is 11.3 Å². The first-order chi connectivity index (χ1) is 14.3. The molecular formula is C21H26N4O3S2. The van der Waals surface area contributed by atoms with E-state index < -0.39 is 10.0 Å². The number of nitrogens with one attached hydrogen (secondary N) is 1. The SMILES string of the molecule is CN(C)C(CNC(=O)C1CCN(S(=O)(=O)c2ccc(C#N)cc2)CC1)c1ccsc1. The number of nitrogens with zero attached hydrogens (tertiary/aromatic N) is 3. The molecule has 1 atom stereocenters. The van der Waals surface area contributed by atoms with Crippen molar-refractivity contribution in [1.29, 1.82) is 5.26 Å². The third-order valence-electron chi connectivity index (χ3n) is 5.47. The van der Waals surface area contributed by atoms with Crippen molar-refractivity contribution in [3.05, 3.63) is 52.2 Å². The van der Waals surface area contributed by atoms with Crippen molar-refractivity contribution in [1.82, 2.24) is 14.5 Å². The third-order valence-corrected chi connectivity index (χ3v) is 8.08. The third kappa shape index (κ3) is 5.08. The fraction of sp³-hybridized carbons (Fsp3) is 0.429. The van der Waals surface area contributed by atoms with Gasteiger partial charge in [0.1, 0.15) is 0 Å². The van der Waals surface area contributed by atoms with Crippen molar-refractivity contribution in [2.75, 3.05) is 33.7 Å². The highest BCUT2D eigenvalue weighted by atomic mass is 32.2. The summed E-state index contributed by atoms with van der Waals surface area (Å²) in [7, 11) is 0.358. The summed E-state index contributed by atoms with van der Waals surface area (Å²) in [4.78, 5) is 14.9.